The second-order valence-corrected chi connectivity index (χ2v) is 3.28. The summed E-state index contributed by atoms with van der Waals surface area (Å²) in [4.78, 5) is 7.73. The maximum absolute atomic E-state index is 12.0. The Morgan fingerprint density at radius 2 is 2.12 bits per heavy atom. The van der Waals surface area contributed by atoms with E-state index in [0.29, 0.717) is 5.82 Å². The molecule has 0 aliphatic heterocycles. The Kier molecular flexibility index (Phi) is 4.11. The van der Waals surface area contributed by atoms with E-state index in [0.717, 1.165) is 0 Å². The summed E-state index contributed by atoms with van der Waals surface area (Å²) in [6, 6.07) is 1.34. The summed E-state index contributed by atoms with van der Waals surface area (Å²) in [5, 5.41) is 11.1. The molecule has 1 unspecified atom stereocenters. The molecule has 0 aliphatic rings. The predicted molar refractivity (Wildman–Crippen MR) is 53.9 cm³/mol. The Labute approximate surface area is 95.6 Å². The molecule has 96 valence electrons. The smallest absolute Gasteiger partial charge is 0.416 e. The van der Waals surface area contributed by atoms with Gasteiger partial charge < -0.3 is 15.2 Å². The Bertz CT molecular complexity index is 384. The van der Waals surface area contributed by atoms with Crippen molar-refractivity contribution in [2.75, 3.05) is 19.0 Å². The second kappa shape index (κ2) is 5.17. The van der Waals surface area contributed by atoms with E-state index >= 15 is 0 Å². The van der Waals surface area contributed by atoms with Crippen LogP contribution in [0.1, 0.15) is 5.82 Å². The number of aromatic nitrogens is 2. The third-order valence-corrected chi connectivity index (χ3v) is 1.88. The fraction of sp³-hybridized carbons (Fsp3) is 0.556. The van der Waals surface area contributed by atoms with Crippen LogP contribution >= 0.6 is 0 Å². The molecule has 0 saturated carbocycles. The molecule has 2 N–H and O–H groups in total. The van der Waals surface area contributed by atoms with Gasteiger partial charge in [0.25, 0.3) is 0 Å². The molecule has 0 aromatic carbocycles. The zero-order chi connectivity index (χ0) is 13.1. The molecule has 1 heterocycles. The molecule has 0 radical (unpaired) electrons. The number of alkyl halides is 3. The number of anilines is 1. The average Bonchev–Trinajstić information content (AvgIpc) is 2.23. The van der Waals surface area contributed by atoms with Crippen LogP contribution < -0.4 is 10.1 Å². The Hall–Kier alpha value is -1.57. The second-order valence-electron chi connectivity index (χ2n) is 3.28. The molecule has 1 aromatic heterocycles. The molecule has 0 bridgehead atoms. The maximum atomic E-state index is 12.0. The summed E-state index contributed by atoms with van der Waals surface area (Å²) in [5.74, 6) is 0.757. The van der Waals surface area contributed by atoms with Gasteiger partial charge in [0.2, 0.25) is 5.88 Å². The predicted octanol–water partition coefficient (Wildman–Crippen LogP) is 1.13. The first kappa shape index (κ1) is 13.5. The van der Waals surface area contributed by atoms with Gasteiger partial charge in [-0.3, -0.25) is 0 Å². The molecule has 0 spiro atoms. The molecule has 5 nitrogen and oxygen atoms in total. The lowest BCUT2D eigenvalue weighted by molar-refractivity contribution is -0.198. The van der Waals surface area contributed by atoms with Gasteiger partial charge in [-0.2, -0.15) is 18.2 Å². The molecule has 17 heavy (non-hydrogen) atoms. The lowest BCUT2D eigenvalue weighted by Crippen LogP contribution is -2.35. The van der Waals surface area contributed by atoms with Crippen LogP contribution in [-0.4, -0.2) is 41.0 Å². The lowest BCUT2D eigenvalue weighted by atomic mass is 10.3. The summed E-state index contributed by atoms with van der Waals surface area (Å²) in [6.07, 6.45) is -7.09. The number of aliphatic hydroxyl groups excluding tert-OH is 1. The highest BCUT2D eigenvalue weighted by Crippen LogP contribution is 2.20. The van der Waals surface area contributed by atoms with Crippen molar-refractivity contribution in [3.05, 3.63) is 11.9 Å². The molecule has 0 fully saturated rings. The standard InChI is InChI=1S/C9H12F3N3O2/c1-5-14-7(3-8(15-5)17-2)13-4-6(16)9(10,11)12/h3,6,16H,4H2,1-2H3,(H,13,14,15). The van der Waals surface area contributed by atoms with E-state index in [1.807, 2.05) is 0 Å². The van der Waals surface area contributed by atoms with Gasteiger partial charge >= 0.3 is 6.18 Å². The molecule has 0 saturated heterocycles. The van der Waals surface area contributed by atoms with E-state index in [9.17, 15) is 13.2 Å². The highest BCUT2D eigenvalue weighted by Gasteiger charge is 2.37. The van der Waals surface area contributed by atoms with Gasteiger partial charge in [0, 0.05) is 6.07 Å². The number of nitrogens with zero attached hydrogens (tertiary/aromatic N) is 2. The van der Waals surface area contributed by atoms with Gasteiger partial charge in [-0.15, -0.1) is 0 Å². The third-order valence-electron chi connectivity index (χ3n) is 1.88. The molecule has 1 aromatic rings. The first-order valence-corrected chi connectivity index (χ1v) is 4.71. The summed E-state index contributed by atoms with van der Waals surface area (Å²) in [5.41, 5.74) is 0. The van der Waals surface area contributed by atoms with Gasteiger partial charge in [0.1, 0.15) is 11.6 Å². The van der Waals surface area contributed by atoms with E-state index in [1.165, 1.54) is 13.2 Å². The number of aliphatic hydroxyl groups is 1. The number of methoxy groups -OCH3 is 1. The van der Waals surface area contributed by atoms with Gasteiger partial charge in [-0.25, -0.2) is 4.98 Å². The molecular formula is C9H12F3N3O2. The number of hydrogen-bond acceptors (Lipinski definition) is 5. The van der Waals surface area contributed by atoms with E-state index in [4.69, 9.17) is 9.84 Å². The van der Waals surface area contributed by atoms with Crippen molar-refractivity contribution in [1.29, 1.82) is 0 Å². The Balaban J connectivity index is 2.66. The van der Waals surface area contributed by atoms with Gasteiger partial charge in [-0.05, 0) is 6.92 Å². The molecular weight excluding hydrogens is 239 g/mol. The van der Waals surface area contributed by atoms with Crippen molar-refractivity contribution in [3.63, 3.8) is 0 Å². The summed E-state index contributed by atoms with van der Waals surface area (Å²) in [7, 11) is 1.39. The van der Waals surface area contributed by atoms with E-state index in [2.05, 4.69) is 15.3 Å². The topological polar surface area (TPSA) is 67.3 Å². The monoisotopic (exact) mass is 251 g/mol. The minimum Gasteiger partial charge on any atom is -0.481 e. The summed E-state index contributed by atoms with van der Waals surface area (Å²) in [6.45, 7) is 0.900. The van der Waals surface area contributed by atoms with Crippen LogP contribution in [0.3, 0.4) is 0 Å². The number of aryl methyl sites for hydroxylation is 1. The highest BCUT2D eigenvalue weighted by molar-refractivity contribution is 5.38. The van der Waals surface area contributed by atoms with Crippen LogP contribution in [0.4, 0.5) is 19.0 Å². The SMILES string of the molecule is COc1cc(NCC(O)C(F)(F)F)nc(C)n1. The van der Waals surface area contributed by atoms with Crippen LogP contribution in [-0.2, 0) is 0 Å². The van der Waals surface area contributed by atoms with Crippen LogP contribution in [0.25, 0.3) is 0 Å². The first-order chi connectivity index (χ1) is 7.82. The van der Waals surface area contributed by atoms with E-state index in [1.54, 1.807) is 6.92 Å². The zero-order valence-electron chi connectivity index (χ0n) is 9.25. The van der Waals surface area contributed by atoms with Gasteiger partial charge in [0.05, 0.1) is 13.7 Å². The Morgan fingerprint density at radius 1 is 1.47 bits per heavy atom. The quantitative estimate of drug-likeness (QED) is 0.839. The van der Waals surface area contributed by atoms with Crippen molar-refractivity contribution in [1.82, 2.24) is 9.97 Å². The van der Waals surface area contributed by atoms with Crippen LogP contribution in [0.5, 0.6) is 5.88 Å². The minimum absolute atomic E-state index is 0.164. The van der Waals surface area contributed by atoms with Crippen molar-refractivity contribution in [2.45, 2.75) is 19.2 Å². The number of ether oxygens (including phenoxy) is 1. The fourth-order valence-electron chi connectivity index (χ4n) is 1.05. The molecule has 0 amide bonds. The summed E-state index contributed by atoms with van der Waals surface area (Å²) < 4.78 is 40.9. The highest BCUT2D eigenvalue weighted by atomic mass is 19.4. The van der Waals surface area contributed by atoms with Gasteiger partial charge in [-0.1, -0.05) is 0 Å². The molecule has 1 atom stereocenters. The normalized spacial score (nSPS) is 13.3. The van der Waals surface area contributed by atoms with E-state index < -0.39 is 18.8 Å². The van der Waals surface area contributed by atoms with Crippen LogP contribution in [0.15, 0.2) is 6.07 Å². The van der Waals surface area contributed by atoms with Crippen molar-refractivity contribution in [2.24, 2.45) is 0 Å². The molecule has 8 heteroatoms. The Morgan fingerprint density at radius 3 is 2.65 bits per heavy atom. The fourth-order valence-corrected chi connectivity index (χ4v) is 1.05. The molecule has 0 aliphatic carbocycles. The first-order valence-electron chi connectivity index (χ1n) is 4.71. The average molecular weight is 251 g/mol. The largest absolute Gasteiger partial charge is 0.481 e. The van der Waals surface area contributed by atoms with Gasteiger partial charge in [0.15, 0.2) is 6.10 Å². The van der Waals surface area contributed by atoms with Crippen molar-refractivity contribution >= 4 is 5.82 Å². The van der Waals surface area contributed by atoms with Crippen LogP contribution in [0.2, 0.25) is 0 Å². The maximum Gasteiger partial charge on any atom is 0.416 e. The third kappa shape index (κ3) is 4.06. The minimum atomic E-state index is -4.65. The van der Waals surface area contributed by atoms with E-state index in [-0.39, 0.29) is 11.7 Å². The lowest BCUT2D eigenvalue weighted by Gasteiger charge is -2.15. The number of halogens is 3. The number of rotatable bonds is 4. The molecule has 1 rings (SSSR count). The van der Waals surface area contributed by atoms with Crippen LogP contribution in [0, 0.1) is 6.92 Å². The number of nitrogens with one attached hydrogen (secondary N) is 1. The number of hydrogen-bond donors (Lipinski definition) is 2. The summed E-state index contributed by atoms with van der Waals surface area (Å²) >= 11 is 0. The zero-order valence-corrected chi connectivity index (χ0v) is 9.25. The van der Waals surface area contributed by atoms with Crippen molar-refractivity contribution in [3.8, 4) is 5.88 Å². The van der Waals surface area contributed by atoms with Crippen molar-refractivity contribution < 1.29 is 23.0 Å².